The predicted molar refractivity (Wildman–Crippen MR) is 77.7 cm³/mol. The number of benzene rings is 1. The molecule has 6 N–H and O–H groups in total. The molecule has 0 saturated carbocycles. The molecule has 20 heavy (non-hydrogen) atoms. The minimum absolute atomic E-state index is 0.0612. The first-order valence-corrected chi connectivity index (χ1v) is 6.67. The number of imide groups is 1. The van der Waals surface area contributed by atoms with Gasteiger partial charge in [0, 0.05) is 11.4 Å². The molecule has 0 aliphatic carbocycles. The number of hydrogen-bond acceptors (Lipinski definition) is 3. The summed E-state index contributed by atoms with van der Waals surface area (Å²) in [6.45, 7) is 0. The van der Waals surface area contributed by atoms with Crippen LogP contribution in [0.3, 0.4) is 0 Å². The Morgan fingerprint density at radius 2 is 1.95 bits per heavy atom. The molecule has 0 spiro atoms. The lowest BCUT2D eigenvalue weighted by atomic mass is 10.3. The van der Waals surface area contributed by atoms with Crippen LogP contribution in [0.1, 0.15) is 6.42 Å². The highest BCUT2D eigenvalue weighted by Gasteiger charge is 2.41. The Kier molecular flexibility index (Phi) is 4.04. The number of amidine groups is 1. The van der Waals surface area contributed by atoms with Crippen molar-refractivity contribution in [2.75, 3.05) is 4.90 Å². The summed E-state index contributed by atoms with van der Waals surface area (Å²) < 4.78 is 0. The molecule has 0 bridgehead atoms. The quantitative estimate of drug-likeness (QED) is 0.345. The van der Waals surface area contributed by atoms with Gasteiger partial charge in [-0.15, -0.1) is 0 Å². The highest BCUT2D eigenvalue weighted by atomic mass is 32.2. The van der Waals surface area contributed by atoms with E-state index >= 15 is 0 Å². The molecule has 104 valence electrons. The van der Waals surface area contributed by atoms with Gasteiger partial charge in [-0.3, -0.25) is 15.0 Å². The second kappa shape index (κ2) is 5.74. The number of anilines is 1. The van der Waals surface area contributed by atoms with Crippen LogP contribution in [0.25, 0.3) is 0 Å². The fourth-order valence-electron chi connectivity index (χ4n) is 1.84. The van der Waals surface area contributed by atoms with Gasteiger partial charge in [-0.25, -0.2) is 4.90 Å². The fraction of sp³-hybridized carbons (Fsp3) is 0.167. The van der Waals surface area contributed by atoms with E-state index in [-0.39, 0.29) is 29.4 Å². The summed E-state index contributed by atoms with van der Waals surface area (Å²) >= 11 is 0.981. The maximum atomic E-state index is 12.2. The molecule has 1 heterocycles. The molecular formula is C12H14N5O2S+. The molecule has 2 amide bonds. The third-order valence-corrected chi connectivity index (χ3v) is 3.61. The topological polar surface area (TPSA) is 127 Å². The van der Waals surface area contributed by atoms with Crippen LogP contribution in [0.2, 0.25) is 0 Å². The zero-order valence-corrected chi connectivity index (χ0v) is 11.3. The molecule has 7 nitrogen and oxygen atoms in total. The standard InChI is InChI=1S/C12H13N5O2S/c13-11(14)16-12(15)20-8-6-9(18)17(10(8)19)7-4-2-1-3-5-7/h1-5,8H,6H2,(H5,13,14,15,16)/p+1/t8-/m0/s1. The minimum Gasteiger partial charge on any atom is -0.348 e. The Hall–Kier alpha value is -2.35. The summed E-state index contributed by atoms with van der Waals surface area (Å²) in [5.41, 5.74) is 10.9. The van der Waals surface area contributed by atoms with Crippen molar-refractivity contribution in [3.63, 3.8) is 0 Å². The summed E-state index contributed by atoms with van der Waals surface area (Å²) in [6, 6.07) is 8.73. The minimum atomic E-state index is -0.606. The summed E-state index contributed by atoms with van der Waals surface area (Å²) in [5, 5.41) is 5.05. The largest absolute Gasteiger partial charge is 0.355 e. The summed E-state index contributed by atoms with van der Waals surface area (Å²) in [5.74, 6) is -0.775. The second-order valence-electron chi connectivity index (χ2n) is 4.09. The molecule has 0 radical (unpaired) electrons. The van der Waals surface area contributed by atoms with Gasteiger partial charge in [0.25, 0.3) is 0 Å². The van der Waals surface area contributed by atoms with Crippen LogP contribution in [0.15, 0.2) is 35.3 Å². The molecule has 1 aliphatic heterocycles. The number of carbonyl (C=O) groups excluding carboxylic acids is 2. The van der Waals surface area contributed by atoms with Gasteiger partial charge in [0.1, 0.15) is 5.25 Å². The Labute approximate surface area is 119 Å². The van der Waals surface area contributed by atoms with Crippen molar-refractivity contribution in [3.05, 3.63) is 30.3 Å². The molecule has 8 heteroatoms. The predicted octanol–water partition coefficient (Wildman–Crippen LogP) is -1.56. The molecule has 1 atom stereocenters. The van der Waals surface area contributed by atoms with E-state index in [1.54, 1.807) is 24.3 Å². The van der Waals surface area contributed by atoms with Crippen molar-refractivity contribution in [3.8, 4) is 0 Å². The van der Waals surface area contributed by atoms with Crippen LogP contribution in [-0.4, -0.2) is 28.2 Å². The van der Waals surface area contributed by atoms with E-state index in [2.05, 4.69) is 4.99 Å². The van der Waals surface area contributed by atoms with Gasteiger partial charge in [0.15, 0.2) is 0 Å². The maximum absolute atomic E-state index is 12.2. The Bertz CT molecular complexity index is 583. The van der Waals surface area contributed by atoms with Crippen molar-refractivity contribution in [2.24, 2.45) is 16.5 Å². The average Bonchev–Trinajstić information content (AvgIpc) is 2.64. The first-order chi connectivity index (χ1) is 9.49. The first-order valence-electron chi connectivity index (χ1n) is 5.79. The van der Waals surface area contributed by atoms with E-state index < -0.39 is 5.25 Å². The lowest BCUT2D eigenvalue weighted by Gasteiger charge is -2.13. The van der Waals surface area contributed by atoms with E-state index in [0.717, 1.165) is 16.7 Å². The molecule has 0 aromatic heterocycles. The summed E-state index contributed by atoms with van der Waals surface area (Å²) in [7, 11) is 0. The third kappa shape index (κ3) is 2.97. The second-order valence-corrected chi connectivity index (χ2v) is 5.31. The number of rotatable bonds is 2. The lowest BCUT2D eigenvalue weighted by molar-refractivity contribution is -0.121. The van der Waals surface area contributed by atoms with E-state index in [0.29, 0.717) is 5.69 Å². The molecule has 1 fully saturated rings. The number of amides is 2. The number of carbonyl (C=O) groups is 2. The Morgan fingerprint density at radius 1 is 1.30 bits per heavy atom. The Morgan fingerprint density at radius 3 is 2.55 bits per heavy atom. The Balaban J connectivity index is 2.14. The van der Waals surface area contributed by atoms with E-state index in [9.17, 15) is 9.59 Å². The number of nitrogens with two attached hydrogens (primary N) is 3. The van der Waals surface area contributed by atoms with Crippen LogP contribution in [-0.2, 0) is 9.59 Å². The number of nitrogens with zero attached hydrogens (tertiary/aromatic N) is 2. The van der Waals surface area contributed by atoms with Crippen LogP contribution >= 0.6 is 11.8 Å². The fourth-order valence-corrected chi connectivity index (χ4v) is 2.73. The number of para-hydroxylation sites is 1. The van der Waals surface area contributed by atoms with E-state index in [1.165, 1.54) is 0 Å². The van der Waals surface area contributed by atoms with Crippen molar-refractivity contribution in [1.29, 1.82) is 0 Å². The zero-order chi connectivity index (χ0) is 14.7. The average molecular weight is 292 g/mol. The highest BCUT2D eigenvalue weighted by molar-refractivity contribution is 8.14. The molecule has 1 aliphatic rings. The third-order valence-electron chi connectivity index (χ3n) is 2.62. The number of aliphatic imine (C=N–C) groups is 1. The van der Waals surface area contributed by atoms with E-state index in [4.69, 9.17) is 16.9 Å². The molecule has 1 saturated heterocycles. The first kappa shape index (κ1) is 14.1. The molecule has 1 aromatic rings. The van der Waals surface area contributed by atoms with E-state index in [1.807, 2.05) is 6.07 Å². The SMILES string of the molecule is NC(N)=NC(=[NH2+])S[C@H]1CC(=O)N(c2ccccc2)C1=O. The van der Waals surface area contributed by atoms with Crippen molar-refractivity contribution >= 4 is 40.4 Å². The van der Waals surface area contributed by atoms with Crippen LogP contribution in [0, 0.1) is 0 Å². The molecule has 0 unspecified atom stereocenters. The molecule has 1 aromatic carbocycles. The van der Waals surface area contributed by atoms with Crippen LogP contribution in [0.4, 0.5) is 5.69 Å². The smallest absolute Gasteiger partial charge is 0.348 e. The number of guanidine groups is 1. The van der Waals surface area contributed by atoms with Gasteiger partial charge in [-0.1, -0.05) is 18.2 Å². The van der Waals surface area contributed by atoms with Crippen LogP contribution < -0.4 is 21.8 Å². The molecular weight excluding hydrogens is 278 g/mol. The van der Waals surface area contributed by atoms with Gasteiger partial charge in [-0.05, 0) is 23.9 Å². The number of hydrogen-bond donors (Lipinski definition) is 3. The van der Waals surface area contributed by atoms with Gasteiger partial charge >= 0.3 is 11.1 Å². The van der Waals surface area contributed by atoms with Gasteiger partial charge in [-0.2, -0.15) is 0 Å². The van der Waals surface area contributed by atoms with Gasteiger partial charge in [0.05, 0.1) is 5.69 Å². The monoisotopic (exact) mass is 292 g/mol. The van der Waals surface area contributed by atoms with Gasteiger partial charge < -0.3 is 11.5 Å². The normalized spacial score (nSPS) is 18.2. The van der Waals surface area contributed by atoms with Crippen LogP contribution in [0.5, 0.6) is 0 Å². The van der Waals surface area contributed by atoms with Gasteiger partial charge in [0.2, 0.25) is 11.8 Å². The van der Waals surface area contributed by atoms with Crippen molar-refractivity contribution < 1.29 is 15.0 Å². The van der Waals surface area contributed by atoms with Crippen molar-refractivity contribution in [2.45, 2.75) is 11.7 Å². The maximum Gasteiger partial charge on any atom is 0.355 e. The molecule has 2 rings (SSSR count). The lowest BCUT2D eigenvalue weighted by Crippen LogP contribution is -2.40. The highest BCUT2D eigenvalue weighted by Crippen LogP contribution is 2.29. The van der Waals surface area contributed by atoms with Crippen molar-refractivity contribution in [1.82, 2.24) is 0 Å². The number of thioether (sulfide) groups is 1. The zero-order valence-electron chi connectivity index (χ0n) is 10.5. The summed E-state index contributed by atoms with van der Waals surface area (Å²) in [6.07, 6.45) is 0.0685. The summed E-state index contributed by atoms with van der Waals surface area (Å²) in [4.78, 5) is 29.0.